The highest BCUT2D eigenvalue weighted by Crippen LogP contribution is 2.32. The Bertz CT molecular complexity index is 243. The highest BCUT2D eigenvalue weighted by Gasteiger charge is 2.32. The SMILES string of the molecule is CCC1CCCC1NC1CCCC1C#N. The molecular formula is C13H22N2. The highest BCUT2D eigenvalue weighted by atomic mass is 15.0. The molecule has 0 aromatic carbocycles. The minimum atomic E-state index is 0.281. The fourth-order valence-corrected chi connectivity index (χ4v) is 3.33. The maximum absolute atomic E-state index is 9.04. The Kier molecular flexibility index (Phi) is 3.64. The third-order valence-corrected chi connectivity index (χ3v) is 4.29. The van der Waals surface area contributed by atoms with Crippen LogP contribution in [-0.4, -0.2) is 12.1 Å². The van der Waals surface area contributed by atoms with Crippen LogP contribution in [0.1, 0.15) is 51.9 Å². The Balaban J connectivity index is 1.88. The molecule has 15 heavy (non-hydrogen) atoms. The van der Waals surface area contributed by atoms with Crippen molar-refractivity contribution in [3.8, 4) is 6.07 Å². The predicted molar refractivity (Wildman–Crippen MR) is 61.3 cm³/mol. The van der Waals surface area contributed by atoms with E-state index in [1.54, 1.807) is 0 Å². The third kappa shape index (κ3) is 2.34. The van der Waals surface area contributed by atoms with Crippen molar-refractivity contribution in [3.63, 3.8) is 0 Å². The van der Waals surface area contributed by atoms with E-state index in [-0.39, 0.29) is 5.92 Å². The molecule has 84 valence electrons. The number of hydrogen-bond donors (Lipinski definition) is 1. The number of nitrogens with one attached hydrogen (secondary N) is 1. The van der Waals surface area contributed by atoms with Gasteiger partial charge in [0.15, 0.2) is 0 Å². The van der Waals surface area contributed by atoms with Crippen LogP contribution in [-0.2, 0) is 0 Å². The molecule has 0 aliphatic heterocycles. The number of hydrogen-bond acceptors (Lipinski definition) is 2. The summed E-state index contributed by atoms with van der Waals surface area (Å²) < 4.78 is 0. The van der Waals surface area contributed by atoms with Gasteiger partial charge in [0.05, 0.1) is 12.0 Å². The van der Waals surface area contributed by atoms with Crippen LogP contribution in [0.3, 0.4) is 0 Å². The Labute approximate surface area is 93.0 Å². The van der Waals surface area contributed by atoms with Gasteiger partial charge in [-0.15, -0.1) is 0 Å². The van der Waals surface area contributed by atoms with E-state index in [9.17, 15) is 0 Å². The summed E-state index contributed by atoms with van der Waals surface area (Å²) in [6.07, 6.45) is 8.94. The molecule has 0 spiro atoms. The molecule has 2 saturated carbocycles. The van der Waals surface area contributed by atoms with Crippen molar-refractivity contribution in [2.75, 3.05) is 0 Å². The van der Waals surface area contributed by atoms with Crippen molar-refractivity contribution in [3.05, 3.63) is 0 Å². The Hall–Kier alpha value is -0.550. The van der Waals surface area contributed by atoms with E-state index in [1.165, 1.54) is 38.5 Å². The van der Waals surface area contributed by atoms with Crippen LogP contribution >= 0.6 is 0 Å². The summed E-state index contributed by atoms with van der Waals surface area (Å²) in [5.74, 6) is 1.15. The summed E-state index contributed by atoms with van der Waals surface area (Å²) in [6.45, 7) is 2.29. The lowest BCUT2D eigenvalue weighted by atomic mass is 9.97. The van der Waals surface area contributed by atoms with E-state index in [0.717, 1.165) is 12.3 Å². The van der Waals surface area contributed by atoms with Crippen LogP contribution in [0.2, 0.25) is 0 Å². The van der Waals surface area contributed by atoms with Crippen molar-refractivity contribution in [2.45, 2.75) is 64.0 Å². The van der Waals surface area contributed by atoms with E-state index in [1.807, 2.05) is 0 Å². The summed E-state index contributed by atoms with van der Waals surface area (Å²) in [4.78, 5) is 0. The first-order valence-electron chi connectivity index (χ1n) is 6.50. The van der Waals surface area contributed by atoms with Gasteiger partial charge in [0.1, 0.15) is 0 Å². The molecule has 2 rings (SSSR count). The normalized spacial score (nSPS) is 40.5. The van der Waals surface area contributed by atoms with Gasteiger partial charge in [-0.1, -0.05) is 26.2 Å². The lowest BCUT2D eigenvalue weighted by Crippen LogP contribution is -2.41. The van der Waals surface area contributed by atoms with Gasteiger partial charge in [-0.3, -0.25) is 0 Å². The molecule has 2 aliphatic carbocycles. The third-order valence-electron chi connectivity index (χ3n) is 4.29. The first-order chi connectivity index (χ1) is 7.35. The lowest BCUT2D eigenvalue weighted by Gasteiger charge is -2.25. The Morgan fingerprint density at radius 1 is 1.13 bits per heavy atom. The van der Waals surface area contributed by atoms with Crippen molar-refractivity contribution in [1.82, 2.24) is 5.32 Å². The molecular weight excluding hydrogens is 184 g/mol. The molecule has 2 nitrogen and oxygen atoms in total. The van der Waals surface area contributed by atoms with Crippen LogP contribution in [0, 0.1) is 23.2 Å². The minimum Gasteiger partial charge on any atom is -0.310 e. The van der Waals surface area contributed by atoms with Gasteiger partial charge in [0.2, 0.25) is 0 Å². The molecule has 0 bridgehead atoms. The van der Waals surface area contributed by atoms with E-state index >= 15 is 0 Å². The van der Waals surface area contributed by atoms with E-state index in [4.69, 9.17) is 5.26 Å². The predicted octanol–water partition coefficient (Wildman–Crippen LogP) is 2.85. The zero-order chi connectivity index (χ0) is 10.7. The highest BCUT2D eigenvalue weighted by molar-refractivity contribution is 4.98. The quantitative estimate of drug-likeness (QED) is 0.770. The Morgan fingerprint density at radius 2 is 1.87 bits per heavy atom. The Morgan fingerprint density at radius 3 is 2.60 bits per heavy atom. The molecule has 2 aliphatic rings. The smallest absolute Gasteiger partial charge is 0.0672 e. The van der Waals surface area contributed by atoms with Gasteiger partial charge >= 0.3 is 0 Å². The minimum absolute atomic E-state index is 0.281. The zero-order valence-corrected chi connectivity index (χ0v) is 9.71. The molecule has 0 saturated heterocycles. The van der Waals surface area contributed by atoms with E-state index < -0.39 is 0 Å². The second kappa shape index (κ2) is 4.99. The second-order valence-electron chi connectivity index (χ2n) is 5.15. The van der Waals surface area contributed by atoms with Gasteiger partial charge in [0, 0.05) is 12.1 Å². The van der Waals surface area contributed by atoms with Crippen molar-refractivity contribution in [1.29, 1.82) is 5.26 Å². The van der Waals surface area contributed by atoms with Crippen molar-refractivity contribution >= 4 is 0 Å². The average molecular weight is 206 g/mol. The summed E-state index contributed by atoms with van der Waals surface area (Å²) in [7, 11) is 0. The summed E-state index contributed by atoms with van der Waals surface area (Å²) in [6, 6.07) is 3.65. The molecule has 0 radical (unpaired) electrons. The summed E-state index contributed by atoms with van der Waals surface area (Å²) >= 11 is 0. The largest absolute Gasteiger partial charge is 0.310 e. The van der Waals surface area contributed by atoms with Crippen LogP contribution < -0.4 is 5.32 Å². The van der Waals surface area contributed by atoms with E-state index in [2.05, 4.69) is 18.3 Å². The lowest BCUT2D eigenvalue weighted by molar-refractivity contribution is 0.330. The average Bonchev–Trinajstić information content (AvgIpc) is 2.87. The molecule has 4 atom stereocenters. The molecule has 0 heterocycles. The molecule has 1 N–H and O–H groups in total. The maximum Gasteiger partial charge on any atom is 0.0672 e. The van der Waals surface area contributed by atoms with Crippen LogP contribution in [0.25, 0.3) is 0 Å². The fourth-order valence-electron chi connectivity index (χ4n) is 3.33. The fraction of sp³-hybridized carbons (Fsp3) is 0.923. The van der Waals surface area contributed by atoms with Gasteiger partial charge in [-0.05, 0) is 31.6 Å². The summed E-state index contributed by atoms with van der Waals surface area (Å²) in [5, 5.41) is 12.8. The second-order valence-corrected chi connectivity index (χ2v) is 5.15. The number of nitrogens with zero attached hydrogens (tertiary/aromatic N) is 1. The molecule has 0 aromatic heterocycles. The molecule has 0 amide bonds. The molecule has 2 fully saturated rings. The monoisotopic (exact) mass is 206 g/mol. The van der Waals surface area contributed by atoms with Gasteiger partial charge in [-0.25, -0.2) is 0 Å². The van der Waals surface area contributed by atoms with Crippen LogP contribution in [0.15, 0.2) is 0 Å². The molecule has 0 aromatic rings. The molecule has 4 unspecified atom stereocenters. The zero-order valence-electron chi connectivity index (χ0n) is 9.71. The van der Waals surface area contributed by atoms with Crippen LogP contribution in [0.4, 0.5) is 0 Å². The van der Waals surface area contributed by atoms with Crippen molar-refractivity contribution in [2.24, 2.45) is 11.8 Å². The topological polar surface area (TPSA) is 35.8 Å². The van der Waals surface area contributed by atoms with Gasteiger partial charge < -0.3 is 5.32 Å². The van der Waals surface area contributed by atoms with Crippen LogP contribution in [0.5, 0.6) is 0 Å². The first kappa shape index (κ1) is 11.0. The van der Waals surface area contributed by atoms with Gasteiger partial charge in [-0.2, -0.15) is 5.26 Å². The van der Waals surface area contributed by atoms with E-state index in [0.29, 0.717) is 12.1 Å². The standard InChI is InChI=1S/C13H22N2/c1-2-10-5-3-7-12(10)15-13-8-4-6-11(13)9-14/h10-13,15H,2-8H2,1H3. The summed E-state index contributed by atoms with van der Waals surface area (Å²) in [5.41, 5.74) is 0. The maximum atomic E-state index is 9.04. The first-order valence-corrected chi connectivity index (χ1v) is 6.50. The number of nitriles is 1. The number of rotatable bonds is 3. The van der Waals surface area contributed by atoms with Crippen molar-refractivity contribution < 1.29 is 0 Å². The van der Waals surface area contributed by atoms with Gasteiger partial charge in [0.25, 0.3) is 0 Å². The molecule has 2 heteroatoms.